The Balaban J connectivity index is 2.18. The molecule has 140 valence electrons. The van der Waals surface area contributed by atoms with E-state index in [1.807, 2.05) is 6.92 Å². The van der Waals surface area contributed by atoms with Crippen molar-refractivity contribution in [2.75, 3.05) is 11.0 Å². The summed E-state index contributed by atoms with van der Waals surface area (Å²) >= 11 is 0. The Hall–Kier alpha value is -1.56. The van der Waals surface area contributed by atoms with Crippen LogP contribution in [0.2, 0.25) is 0 Å². The van der Waals surface area contributed by atoms with Gasteiger partial charge in [-0.1, -0.05) is 33.3 Å². The van der Waals surface area contributed by atoms with Crippen LogP contribution >= 0.6 is 0 Å². The van der Waals surface area contributed by atoms with Crippen molar-refractivity contribution in [1.29, 1.82) is 0 Å². The molecule has 2 N–H and O–H groups in total. The third-order valence-corrected chi connectivity index (χ3v) is 5.72. The summed E-state index contributed by atoms with van der Waals surface area (Å²) in [7, 11) is -3.38. The molecule has 1 fully saturated rings. The Labute approximate surface area is 151 Å². The first-order valence-corrected chi connectivity index (χ1v) is 10.8. The number of sulfonamides is 1. The fraction of sp³-hybridized carbons (Fsp3) is 0.632. The summed E-state index contributed by atoms with van der Waals surface area (Å²) in [6.07, 6.45) is 4.45. The number of amides is 1. The lowest BCUT2D eigenvalue weighted by Crippen LogP contribution is -2.45. The van der Waals surface area contributed by atoms with E-state index in [0.29, 0.717) is 29.0 Å². The fourth-order valence-electron chi connectivity index (χ4n) is 3.69. The van der Waals surface area contributed by atoms with Gasteiger partial charge in [0.25, 0.3) is 5.91 Å². The standard InChI is InChI=1S/C19H30N2O3S/c1-12(2)16-9-6-13(3)10-18(16)20-19(22)15-8-7-14(4)17(11-15)21-25(5,23)24/h7-8,11-13,16,18,21H,6,9-10H2,1-5H3,(H,20,22). The van der Waals surface area contributed by atoms with E-state index in [9.17, 15) is 13.2 Å². The lowest BCUT2D eigenvalue weighted by molar-refractivity contribution is 0.0868. The lowest BCUT2D eigenvalue weighted by Gasteiger charge is -2.37. The monoisotopic (exact) mass is 366 g/mol. The van der Waals surface area contributed by atoms with E-state index in [1.54, 1.807) is 18.2 Å². The number of nitrogens with one attached hydrogen (secondary N) is 2. The van der Waals surface area contributed by atoms with Crippen LogP contribution < -0.4 is 10.0 Å². The van der Waals surface area contributed by atoms with Gasteiger partial charge in [0.2, 0.25) is 10.0 Å². The van der Waals surface area contributed by atoms with Gasteiger partial charge in [-0.05, 0) is 55.2 Å². The zero-order valence-electron chi connectivity index (χ0n) is 15.8. The van der Waals surface area contributed by atoms with Gasteiger partial charge >= 0.3 is 0 Å². The van der Waals surface area contributed by atoms with Crippen LogP contribution in [-0.4, -0.2) is 26.6 Å². The first kappa shape index (κ1) is 19.8. The minimum absolute atomic E-state index is 0.138. The summed E-state index contributed by atoms with van der Waals surface area (Å²) in [6.45, 7) is 8.46. The third-order valence-electron chi connectivity index (χ3n) is 5.13. The van der Waals surface area contributed by atoms with E-state index >= 15 is 0 Å². The van der Waals surface area contributed by atoms with Gasteiger partial charge in [-0.25, -0.2) is 8.42 Å². The van der Waals surface area contributed by atoms with Crippen LogP contribution in [0.15, 0.2) is 18.2 Å². The van der Waals surface area contributed by atoms with Gasteiger partial charge in [0.1, 0.15) is 0 Å². The van der Waals surface area contributed by atoms with E-state index in [1.165, 1.54) is 6.42 Å². The summed E-state index contributed by atoms with van der Waals surface area (Å²) in [4.78, 5) is 12.7. The van der Waals surface area contributed by atoms with E-state index in [4.69, 9.17) is 0 Å². The van der Waals surface area contributed by atoms with Gasteiger partial charge in [0, 0.05) is 11.6 Å². The zero-order valence-corrected chi connectivity index (χ0v) is 16.6. The number of hydrogen-bond donors (Lipinski definition) is 2. The molecule has 6 heteroatoms. The molecule has 1 amide bonds. The van der Waals surface area contributed by atoms with Crippen molar-refractivity contribution < 1.29 is 13.2 Å². The van der Waals surface area contributed by atoms with E-state index in [2.05, 4.69) is 30.8 Å². The molecule has 0 heterocycles. The molecule has 0 saturated heterocycles. The SMILES string of the molecule is Cc1ccc(C(=O)NC2CC(C)CCC2C(C)C)cc1NS(C)(=O)=O. The minimum Gasteiger partial charge on any atom is -0.349 e. The van der Waals surface area contributed by atoms with E-state index in [-0.39, 0.29) is 11.9 Å². The maximum Gasteiger partial charge on any atom is 0.251 e. The Kier molecular flexibility index (Phi) is 6.14. The molecular weight excluding hydrogens is 336 g/mol. The number of anilines is 1. The van der Waals surface area contributed by atoms with Crippen LogP contribution in [0.5, 0.6) is 0 Å². The number of benzene rings is 1. The highest BCUT2D eigenvalue weighted by Gasteiger charge is 2.31. The molecule has 1 aliphatic carbocycles. The molecule has 0 aromatic heterocycles. The molecule has 1 aromatic carbocycles. The van der Waals surface area contributed by atoms with Crippen LogP contribution in [0.4, 0.5) is 5.69 Å². The summed E-state index contributed by atoms with van der Waals surface area (Å²) in [6, 6.07) is 5.30. The van der Waals surface area contributed by atoms with Gasteiger partial charge in [-0.2, -0.15) is 0 Å². The van der Waals surface area contributed by atoms with Crippen molar-refractivity contribution in [3.8, 4) is 0 Å². The maximum atomic E-state index is 12.7. The summed E-state index contributed by atoms with van der Waals surface area (Å²) in [5.41, 5.74) is 1.72. The molecule has 1 aliphatic rings. The largest absolute Gasteiger partial charge is 0.349 e. The van der Waals surface area contributed by atoms with Crippen LogP contribution in [0.3, 0.4) is 0 Å². The highest BCUT2D eigenvalue weighted by molar-refractivity contribution is 7.92. The second-order valence-electron chi connectivity index (χ2n) is 7.81. The minimum atomic E-state index is -3.38. The van der Waals surface area contributed by atoms with Gasteiger partial charge in [0.05, 0.1) is 11.9 Å². The van der Waals surface area contributed by atoms with Crippen molar-refractivity contribution in [3.63, 3.8) is 0 Å². The smallest absolute Gasteiger partial charge is 0.251 e. The van der Waals surface area contributed by atoms with Gasteiger partial charge < -0.3 is 5.32 Å². The zero-order chi connectivity index (χ0) is 18.8. The molecule has 0 bridgehead atoms. The van der Waals surface area contributed by atoms with Crippen molar-refractivity contribution >= 4 is 21.6 Å². The lowest BCUT2D eigenvalue weighted by atomic mass is 9.74. The Morgan fingerprint density at radius 2 is 1.92 bits per heavy atom. The summed E-state index contributed by atoms with van der Waals surface area (Å²) in [5, 5.41) is 3.19. The molecule has 0 aliphatic heterocycles. The molecule has 3 atom stereocenters. The van der Waals surface area contributed by atoms with E-state index < -0.39 is 10.0 Å². The quantitative estimate of drug-likeness (QED) is 0.837. The predicted molar refractivity (Wildman–Crippen MR) is 102 cm³/mol. The first-order valence-electron chi connectivity index (χ1n) is 8.96. The average Bonchev–Trinajstić information content (AvgIpc) is 2.47. The molecule has 5 nitrogen and oxygen atoms in total. The fourth-order valence-corrected chi connectivity index (χ4v) is 4.31. The number of carbonyl (C=O) groups excluding carboxylic acids is 1. The maximum absolute atomic E-state index is 12.7. The van der Waals surface area contributed by atoms with Gasteiger partial charge in [-0.15, -0.1) is 0 Å². The van der Waals surface area contributed by atoms with Gasteiger partial charge in [0.15, 0.2) is 0 Å². The second-order valence-corrected chi connectivity index (χ2v) is 9.56. The first-order chi connectivity index (χ1) is 11.6. The Morgan fingerprint density at radius 1 is 1.24 bits per heavy atom. The normalized spacial score (nSPS) is 24.2. The van der Waals surface area contributed by atoms with Crippen LogP contribution in [0, 0.1) is 24.7 Å². The second kappa shape index (κ2) is 7.77. The highest BCUT2D eigenvalue weighted by Crippen LogP contribution is 2.33. The molecule has 0 spiro atoms. The molecule has 1 saturated carbocycles. The molecular formula is C19H30N2O3S. The molecule has 3 unspecified atom stereocenters. The third kappa shape index (κ3) is 5.46. The van der Waals surface area contributed by atoms with Crippen LogP contribution in [0.1, 0.15) is 56.0 Å². The number of aryl methyl sites for hydroxylation is 1. The topological polar surface area (TPSA) is 75.3 Å². The van der Waals surface area contributed by atoms with E-state index in [0.717, 1.165) is 24.7 Å². The average molecular weight is 367 g/mol. The predicted octanol–water partition coefficient (Wildman–Crippen LogP) is 3.56. The molecule has 0 radical (unpaired) electrons. The molecule has 1 aromatic rings. The number of rotatable bonds is 5. The number of hydrogen-bond acceptors (Lipinski definition) is 3. The summed E-state index contributed by atoms with van der Waals surface area (Å²) in [5.74, 6) is 1.49. The van der Waals surface area contributed by atoms with Crippen LogP contribution in [0.25, 0.3) is 0 Å². The molecule has 2 rings (SSSR count). The highest BCUT2D eigenvalue weighted by atomic mass is 32.2. The Morgan fingerprint density at radius 3 is 2.52 bits per heavy atom. The number of carbonyl (C=O) groups is 1. The Bertz CT molecular complexity index is 728. The van der Waals surface area contributed by atoms with Gasteiger partial charge in [-0.3, -0.25) is 9.52 Å². The van der Waals surface area contributed by atoms with Crippen molar-refractivity contribution in [1.82, 2.24) is 5.32 Å². The van der Waals surface area contributed by atoms with Crippen LogP contribution in [-0.2, 0) is 10.0 Å². The summed E-state index contributed by atoms with van der Waals surface area (Å²) < 4.78 is 25.5. The van der Waals surface area contributed by atoms with Crippen molar-refractivity contribution in [2.24, 2.45) is 17.8 Å². The van der Waals surface area contributed by atoms with Crippen molar-refractivity contribution in [2.45, 2.75) is 53.0 Å². The van der Waals surface area contributed by atoms with Crippen molar-refractivity contribution in [3.05, 3.63) is 29.3 Å². The molecule has 25 heavy (non-hydrogen) atoms.